The van der Waals surface area contributed by atoms with Crippen molar-refractivity contribution in [2.75, 3.05) is 32.1 Å². The molecule has 0 saturated carbocycles. The van der Waals surface area contributed by atoms with Crippen LogP contribution >= 0.6 is 11.3 Å². The van der Waals surface area contributed by atoms with Gasteiger partial charge in [0.05, 0.1) is 11.2 Å². The third-order valence-corrected chi connectivity index (χ3v) is 7.38. The molecule has 1 saturated heterocycles. The molecule has 7 heteroatoms. The number of rotatable bonds is 4. The molecule has 164 valence electrons. The summed E-state index contributed by atoms with van der Waals surface area (Å²) in [5.74, 6) is -0.422. The smallest absolute Gasteiger partial charge is 0.275 e. The summed E-state index contributed by atoms with van der Waals surface area (Å²) in [6, 6.07) is 15.6. The highest BCUT2D eigenvalue weighted by atomic mass is 32.1. The van der Waals surface area contributed by atoms with Crippen LogP contribution in [0.2, 0.25) is 0 Å². The standard InChI is InChI=1S/C25H25FN4OS/c1-16-4-6-17(7-5-16)23-13-21-24(32-23)25(31)30(15-27-21)22-9-8-18(12-20(22)26)29-11-10-19(14-29)28(2)3/h4-9,12-13,15,19H,10-11,14H2,1-3H3. The maximum Gasteiger partial charge on any atom is 0.275 e. The average molecular weight is 449 g/mol. The number of anilines is 1. The van der Waals surface area contributed by atoms with Gasteiger partial charge in [-0.15, -0.1) is 11.3 Å². The van der Waals surface area contributed by atoms with Crippen molar-refractivity contribution in [3.8, 4) is 16.1 Å². The van der Waals surface area contributed by atoms with Gasteiger partial charge in [-0.2, -0.15) is 0 Å². The molecule has 1 aliphatic heterocycles. The Morgan fingerprint density at radius 2 is 1.91 bits per heavy atom. The zero-order chi connectivity index (χ0) is 22.4. The number of likely N-dealkylation sites (N-methyl/N-ethyl adjacent to an activating group) is 1. The molecule has 0 spiro atoms. The van der Waals surface area contributed by atoms with Crippen molar-refractivity contribution in [2.24, 2.45) is 0 Å². The van der Waals surface area contributed by atoms with E-state index in [2.05, 4.69) is 28.9 Å². The molecule has 1 aliphatic rings. The van der Waals surface area contributed by atoms with Crippen molar-refractivity contribution in [1.82, 2.24) is 14.5 Å². The molecule has 0 aliphatic carbocycles. The van der Waals surface area contributed by atoms with E-state index in [0.717, 1.165) is 35.6 Å². The normalized spacial score (nSPS) is 16.4. The summed E-state index contributed by atoms with van der Waals surface area (Å²) in [6.45, 7) is 3.81. The van der Waals surface area contributed by atoms with Crippen LogP contribution in [-0.2, 0) is 0 Å². The van der Waals surface area contributed by atoms with E-state index in [4.69, 9.17) is 0 Å². The predicted octanol–water partition coefficient (Wildman–Crippen LogP) is 4.70. The zero-order valence-electron chi connectivity index (χ0n) is 18.4. The Labute approximate surface area is 190 Å². The second-order valence-electron chi connectivity index (χ2n) is 8.60. The maximum absolute atomic E-state index is 15.1. The Kier molecular flexibility index (Phi) is 5.31. The molecule has 2 aromatic carbocycles. The van der Waals surface area contributed by atoms with Crippen molar-refractivity contribution >= 4 is 27.2 Å². The summed E-state index contributed by atoms with van der Waals surface area (Å²) in [5.41, 5.74) is 3.67. The SMILES string of the molecule is Cc1ccc(-c2cc3ncn(-c4ccc(N5CCC(N(C)C)C5)cc4F)c(=O)c3s2)cc1. The van der Waals surface area contributed by atoms with Crippen LogP contribution in [0.3, 0.4) is 0 Å². The molecule has 3 heterocycles. The lowest BCUT2D eigenvalue weighted by Crippen LogP contribution is -2.31. The monoisotopic (exact) mass is 448 g/mol. The van der Waals surface area contributed by atoms with Crippen LogP contribution in [0.25, 0.3) is 26.3 Å². The molecular weight excluding hydrogens is 423 g/mol. The second kappa shape index (κ2) is 8.15. The average Bonchev–Trinajstić information content (AvgIpc) is 3.43. The number of nitrogens with zero attached hydrogens (tertiary/aromatic N) is 4. The van der Waals surface area contributed by atoms with Crippen LogP contribution in [0.1, 0.15) is 12.0 Å². The lowest BCUT2D eigenvalue weighted by Gasteiger charge is -2.22. The van der Waals surface area contributed by atoms with Gasteiger partial charge in [0.1, 0.15) is 16.8 Å². The fourth-order valence-electron chi connectivity index (χ4n) is 4.23. The number of fused-ring (bicyclic) bond motifs is 1. The topological polar surface area (TPSA) is 41.4 Å². The van der Waals surface area contributed by atoms with Gasteiger partial charge in [-0.25, -0.2) is 9.37 Å². The van der Waals surface area contributed by atoms with Crippen LogP contribution in [0.5, 0.6) is 0 Å². The van der Waals surface area contributed by atoms with Crippen LogP contribution < -0.4 is 10.5 Å². The van der Waals surface area contributed by atoms with Crippen molar-refractivity contribution < 1.29 is 4.39 Å². The summed E-state index contributed by atoms with van der Waals surface area (Å²) in [6.07, 6.45) is 2.48. The lowest BCUT2D eigenvalue weighted by molar-refractivity contribution is 0.315. The number of benzene rings is 2. The Bertz CT molecular complexity index is 1340. The molecule has 1 fully saturated rings. The molecule has 0 amide bonds. The van der Waals surface area contributed by atoms with Gasteiger partial charge < -0.3 is 9.80 Å². The van der Waals surface area contributed by atoms with E-state index in [1.807, 2.05) is 43.3 Å². The number of hydrogen-bond donors (Lipinski definition) is 0. The highest BCUT2D eigenvalue weighted by Gasteiger charge is 2.25. The van der Waals surface area contributed by atoms with Gasteiger partial charge in [0, 0.05) is 29.7 Å². The molecule has 5 rings (SSSR count). The second-order valence-corrected chi connectivity index (χ2v) is 9.65. The van der Waals surface area contributed by atoms with Crippen LogP contribution in [0.15, 0.2) is 59.7 Å². The Morgan fingerprint density at radius 1 is 1.12 bits per heavy atom. The molecular formula is C25H25FN4OS. The van der Waals surface area contributed by atoms with Gasteiger partial charge >= 0.3 is 0 Å². The number of aromatic nitrogens is 2. The zero-order valence-corrected chi connectivity index (χ0v) is 19.2. The van der Waals surface area contributed by atoms with E-state index in [1.54, 1.807) is 6.07 Å². The predicted molar refractivity (Wildman–Crippen MR) is 130 cm³/mol. The molecule has 5 nitrogen and oxygen atoms in total. The van der Waals surface area contributed by atoms with E-state index < -0.39 is 5.82 Å². The molecule has 0 radical (unpaired) electrons. The first-order valence-corrected chi connectivity index (χ1v) is 11.5. The maximum atomic E-state index is 15.1. The molecule has 4 aromatic rings. The number of hydrogen-bond acceptors (Lipinski definition) is 5. The van der Waals surface area contributed by atoms with Gasteiger partial charge in [0.2, 0.25) is 0 Å². The highest BCUT2D eigenvalue weighted by molar-refractivity contribution is 7.22. The Morgan fingerprint density at radius 3 is 2.59 bits per heavy atom. The quantitative estimate of drug-likeness (QED) is 0.454. The van der Waals surface area contributed by atoms with Crippen LogP contribution in [0, 0.1) is 12.7 Å². The fraction of sp³-hybridized carbons (Fsp3) is 0.280. The van der Waals surface area contributed by atoms with Crippen LogP contribution in [0.4, 0.5) is 10.1 Å². The first kappa shape index (κ1) is 20.8. The molecule has 1 atom stereocenters. The molecule has 32 heavy (non-hydrogen) atoms. The van der Waals surface area contributed by atoms with Gasteiger partial charge in [0.15, 0.2) is 0 Å². The number of aryl methyl sites for hydroxylation is 1. The first-order chi connectivity index (χ1) is 15.4. The van der Waals surface area contributed by atoms with E-state index in [0.29, 0.717) is 16.3 Å². The van der Waals surface area contributed by atoms with E-state index in [-0.39, 0.29) is 11.2 Å². The number of thiophene rings is 1. The summed E-state index contributed by atoms with van der Waals surface area (Å²) < 4.78 is 16.9. The third kappa shape index (κ3) is 3.72. The van der Waals surface area contributed by atoms with E-state index in [1.165, 1.54) is 33.9 Å². The largest absolute Gasteiger partial charge is 0.370 e. The van der Waals surface area contributed by atoms with Crippen molar-refractivity contribution in [3.63, 3.8) is 0 Å². The van der Waals surface area contributed by atoms with Crippen molar-refractivity contribution in [1.29, 1.82) is 0 Å². The van der Waals surface area contributed by atoms with Gasteiger partial charge in [-0.05, 0) is 57.3 Å². The van der Waals surface area contributed by atoms with E-state index >= 15 is 4.39 Å². The molecule has 1 unspecified atom stereocenters. The lowest BCUT2D eigenvalue weighted by atomic mass is 10.1. The van der Waals surface area contributed by atoms with E-state index in [9.17, 15) is 4.79 Å². The molecule has 0 bridgehead atoms. The Hall–Kier alpha value is -3.03. The minimum absolute atomic E-state index is 0.224. The van der Waals surface area contributed by atoms with Gasteiger partial charge in [-0.1, -0.05) is 29.8 Å². The minimum Gasteiger partial charge on any atom is -0.370 e. The summed E-state index contributed by atoms with van der Waals surface area (Å²) in [7, 11) is 4.14. The summed E-state index contributed by atoms with van der Waals surface area (Å²) >= 11 is 1.39. The molecule has 0 N–H and O–H groups in total. The Balaban J connectivity index is 1.49. The van der Waals surface area contributed by atoms with Gasteiger partial charge in [-0.3, -0.25) is 9.36 Å². The summed E-state index contributed by atoms with van der Waals surface area (Å²) in [5, 5.41) is 0. The fourth-order valence-corrected chi connectivity index (χ4v) is 5.28. The first-order valence-electron chi connectivity index (χ1n) is 10.7. The van der Waals surface area contributed by atoms with Crippen LogP contribution in [-0.4, -0.2) is 47.7 Å². The highest BCUT2D eigenvalue weighted by Crippen LogP contribution is 2.31. The minimum atomic E-state index is -0.422. The molecule has 2 aromatic heterocycles. The number of halogens is 1. The third-order valence-electron chi connectivity index (χ3n) is 6.22. The summed E-state index contributed by atoms with van der Waals surface area (Å²) in [4.78, 5) is 23.0. The van der Waals surface area contributed by atoms with Crippen molar-refractivity contribution in [3.05, 3.63) is 76.6 Å². The van der Waals surface area contributed by atoms with Crippen molar-refractivity contribution in [2.45, 2.75) is 19.4 Å². The van der Waals surface area contributed by atoms with Gasteiger partial charge in [0.25, 0.3) is 5.56 Å².